The second-order valence-electron chi connectivity index (χ2n) is 7.96. The van der Waals surface area contributed by atoms with Gasteiger partial charge in [-0.25, -0.2) is 0 Å². The zero-order chi connectivity index (χ0) is 18.7. The molecule has 5 rings (SSSR count). The van der Waals surface area contributed by atoms with Crippen molar-refractivity contribution in [1.82, 2.24) is 24.9 Å². The lowest BCUT2D eigenvalue weighted by atomic mass is 9.79. The molecule has 27 heavy (non-hydrogen) atoms. The fourth-order valence-electron chi connectivity index (χ4n) is 4.39. The van der Waals surface area contributed by atoms with Crippen LogP contribution in [-0.2, 0) is 0 Å². The third-order valence-corrected chi connectivity index (χ3v) is 6.05. The quantitative estimate of drug-likeness (QED) is 0.691. The Morgan fingerprint density at radius 1 is 1.07 bits per heavy atom. The van der Waals surface area contributed by atoms with Crippen molar-refractivity contribution in [3.63, 3.8) is 0 Å². The predicted molar refractivity (Wildman–Crippen MR) is 102 cm³/mol. The van der Waals surface area contributed by atoms with Crippen molar-refractivity contribution in [2.75, 3.05) is 11.4 Å². The Hall–Kier alpha value is -2.70. The molecule has 0 amide bonds. The maximum absolute atomic E-state index is 5.19. The number of benzene rings is 1. The summed E-state index contributed by atoms with van der Waals surface area (Å²) in [6.45, 7) is 9.36. The van der Waals surface area contributed by atoms with E-state index >= 15 is 0 Å². The molecule has 1 fully saturated rings. The molecule has 7 heteroatoms. The molecule has 0 spiro atoms. The molecule has 3 aromatic rings. The van der Waals surface area contributed by atoms with Gasteiger partial charge in [0.25, 0.3) is 0 Å². The molecule has 1 aromatic carbocycles. The molecule has 1 unspecified atom stereocenters. The first-order valence-corrected chi connectivity index (χ1v) is 9.66. The highest BCUT2D eigenvalue weighted by Crippen LogP contribution is 2.42. The number of rotatable bonds is 2. The van der Waals surface area contributed by atoms with Crippen LogP contribution in [0.5, 0.6) is 0 Å². The van der Waals surface area contributed by atoms with Crippen LogP contribution in [0.1, 0.15) is 50.1 Å². The number of nitrogens with zero attached hydrogens (tertiary/aromatic N) is 6. The molecular weight excluding hydrogens is 340 g/mol. The van der Waals surface area contributed by atoms with Crippen LogP contribution < -0.4 is 4.90 Å². The van der Waals surface area contributed by atoms with E-state index in [4.69, 9.17) is 4.52 Å². The number of anilines is 1. The van der Waals surface area contributed by atoms with Crippen LogP contribution in [0.4, 0.5) is 5.69 Å². The zero-order valence-electron chi connectivity index (χ0n) is 16.2. The molecule has 1 aliphatic heterocycles. The Balaban J connectivity index is 1.70. The summed E-state index contributed by atoms with van der Waals surface area (Å²) in [5, 5.41) is 12.9. The average molecular weight is 364 g/mol. The molecule has 7 nitrogen and oxygen atoms in total. The summed E-state index contributed by atoms with van der Waals surface area (Å²) in [5.41, 5.74) is 3.32. The molecule has 3 heterocycles. The average Bonchev–Trinajstić information content (AvgIpc) is 3.22. The number of aromatic nitrogens is 5. The van der Waals surface area contributed by atoms with E-state index in [1.54, 1.807) is 0 Å². The van der Waals surface area contributed by atoms with Gasteiger partial charge in [0, 0.05) is 31.0 Å². The van der Waals surface area contributed by atoms with Crippen LogP contribution in [0.3, 0.4) is 0 Å². The van der Waals surface area contributed by atoms with Crippen molar-refractivity contribution < 1.29 is 4.52 Å². The van der Waals surface area contributed by atoms with Gasteiger partial charge in [0.1, 0.15) is 11.6 Å². The molecule has 2 aromatic heterocycles. The Bertz CT molecular complexity index is 1010. The molecule has 1 saturated carbocycles. The van der Waals surface area contributed by atoms with Gasteiger partial charge in [-0.05, 0) is 43.9 Å². The maximum atomic E-state index is 5.19. The van der Waals surface area contributed by atoms with Crippen molar-refractivity contribution in [2.24, 2.45) is 5.92 Å². The SMILES string of the molecule is Cc1nc(-c2ccc3c(c2)N(C2CC[C@H]2C)C[C@@H](C)c2nnc(C)n2-3)no1. The number of hydrogen-bond donors (Lipinski definition) is 0. The Kier molecular flexibility index (Phi) is 3.60. The van der Waals surface area contributed by atoms with Gasteiger partial charge in [0.05, 0.1) is 11.4 Å². The molecule has 0 bridgehead atoms. The minimum atomic E-state index is 0.308. The fraction of sp³-hybridized carbons (Fsp3) is 0.500. The number of fused-ring (bicyclic) bond motifs is 3. The van der Waals surface area contributed by atoms with E-state index in [2.05, 4.69) is 61.9 Å². The van der Waals surface area contributed by atoms with E-state index in [9.17, 15) is 0 Å². The van der Waals surface area contributed by atoms with Crippen molar-refractivity contribution in [1.29, 1.82) is 0 Å². The molecule has 0 N–H and O–H groups in total. The molecule has 1 aliphatic carbocycles. The lowest BCUT2D eigenvalue weighted by Gasteiger charge is -2.45. The smallest absolute Gasteiger partial charge is 0.223 e. The van der Waals surface area contributed by atoms with Crippen LogP contribution >= 0.6 is 0 Å². The van der Waals surface area contributed by atoms with Gasteiger partial charge in [-0.2, -0.15) is 4.98 Å². The normalized spacial score (nSPS) is 24.1. The molecular formula is C20H24N6O. The molecule has 0 radical (unpaired) electrons. The second kappa shape index (κ2) is 5.90. The first-order valence-electron chi connectivity index (χ1n) is 9.66. The Labute approximate surface area is 158 Å². The van der Waals surface area contributed by atoms with Gasteiger partial charge in [-0.3, -0.25) is 4.57 Å². The summed E-state index contributed by atoms with van der Waals surface area (Å²) in [5.74, 6) is 4.18. The third kappa shape index (κ3) is 2.48. The summed E-state index contributed by atoms with van der Waals surface area (Å²) >= 11 is 0. The number of hydrogen-bond acceptors (Lipinski definition) is 6. The van der Waals surface area contributed by atoms with Gasteiger partial charge >= 0.3 is 0 Å². The van der Waals surface area contributed by atoms with Gasteiger partial charge < -0.3 is 9.42 Å². The highest BCUT2D eigenvalue weighted by atomic mass is 16.5. The van der Waals surface area contributed by atoms with Crippen molar-refractivity contribution in [3.05, 3.63) is 35.7 Å². The van der Waals surface area contributed by atoms with Crippen LogP contribution in [0.15, 0.2) is 22.7 Å². The Morgan fingerprint density at radius 3 is 2.59 bits per heavy atom. The molecule has 3 atom stereocenters. The van der Waals surface area contributed by atoms with E-state index in [0.717, 1.165) is 29.4 Å². The van der Waals surface area contributed by atoms with E-state index in [0.29, 0.717) is 29.6 Å². The highest BCUT2D eigenvalue weighted by Gasteiger charge is 2.37. The Morgan fingerprint density at radius 2 is 1.93 bits per heavy atom. The van der Waals surface area contributed by atoms with E-state index in [1.807, 2.05) is 13.8 Å². The third-order valence-electron chi connectivity index (χ3n) is 6.05. The van der Waals surface area contributed by atoms with E-state index in [1.165, 1.54) is 18.5 Å². The summed E-state index contributed by atoms with van der Waals surface area (Å²) in [7, 11) is 0. The van der Waals surface area contributed by atoms with E-state index in [-0.39, 0.29) is 0 Å². The van der Waals surface area contributed by atoms with Gasteiger partial charge in [-0.1, -0.05) is 19.0 Å². The lowest BCUT2D eigenvalue weighted by Crippen LogP contribution is -2.47. The molecule has 2 aliphatic rings. The first-order chi connectivity index (χ1) is 13.0. The van der Waals surface area contributed by atoms with Crippen molar-refractivity contribution in [3.8, 4) is 17.1 Å². The summed E-state index contributed by atoms with van der Waals surface area (Å²) < 4.78 is 7.39. The van der Waals surface area contributed by atoms with Crippen LogP contribution in [-0.4, -0.2) is 37.5 Å². The minimum absolute atomic E-state index is 0.308. The van der Waals surface area contributed by atoms with Crippen molar-refractivity contribution >= 4 is 5.69 Å². The lowest BCUT2D eigenvalue weighted by molar-refractivity contribution is 0.262. The zero-order valence-corrected chi connectivity index (χ0v) is 16.2. The monoisotopic (exact) mass is 364 g/mol. The van der Waals surface area contributed by atoms with Gasteiger partial charge in [0.15, 0.2) is 0 Å². The van der Waals surface area contributed by atoms with E-state index < -0.39 is 0 Å². The van der Waals surface area contributed by atoms with Gasteiger partial charge in [0.2, 0.25) is 11.7 Å². The molecule has 0 saturated heterocycles. The topological polar surface area (TPSA) is 72.9 Å². The van der Waals surface area contributed by atoms with Crippen LogP contribution in [0, 0.1) is 19.8 Å². The second-order valence-corrected chi connectivity index (χ2v) is 7.96. The first kappa shape index (κ1) is 16.5. The minimum Gasteiger partial charge on any atom is -0.366 e. The highest BCUT2D eigenvalue weighted by molar-refractivity contribution is 5.73. The van der Waals surface area contributed by atoms with Crippen molar-refractivity contribution in [2.45, 2.75) is 52.5 Å². The summed E-state index contributed by atoms with van der Waals surface area (Å²) in [6.07, 6.45) is 2.53. The maximum Gasteiger partial charge on any atom is 0.223 e. The largest absolute Gasteiger partial charge is 0.366 e. The van der Waals surface area contributed by atoms with Crippen LogP contribution in [0.25, 0.3) is 17.1 Å². The fourth-order valence-corrected chi connectivity index (χ4v) is 4.39. The summed E-state index contributed by atoms with van der Waals surface area (Å²) in [6, 6.07) is 6.97. The predicted octanol–water partition coefficient (Wildman–Crippen LogP) is 3.66. The molecule has 140 valence electrons. The number of aryl methyl sites for hydroxylation is 2. The van der Waals surface area contributed by atoms with Crippen LogP contribution in [0.2, 0.25) is 0 Å². The summed E-state index contributed by atoms with van der Waals surface area (Å²) in [4.78, 5) is 6.98. The standard InChI is InChI=1S/C20H24N6O/c1-11-5-7-16(11)25-10-12(2)20-23-22-13(3)26(20)17-8-6-15(9-18(17)25)19-21-14(4)27-24-19/h6,8-9,11-12,16H,5,7,10H2,1-4H3/t11-,12-,16?/m1/s1. The van der Waals surface area contributed by atoms with Gasteiger partial charge in [-0.15, -0.1) is 10.2 Å².